The van der Waals surface area contributed by atoms with Crippen LogP contribution in [0.3, 0.4) is 0 Å². The third-order valence-electron chi connectivity index (χ3n) is 3.25. The summed E-state index contributed by atoms with van der Waals surface area (Å²) < 4.78 is 0. The van der Waals surface area contributed by atoms with Crippen molar-refractivity contribution in [2.24, 2.45) is 0 Å². The zero-order chi connectivity index (χ0) is 20.5. The summed E-state index contributed by atoms with van der Waals surface area (Å²) in [4.78, 5) is 44.2. The molecule has 0 aliphatic carbocycles. The molecule has 26 heavy (non-hydrogen) atoms. The number of aldehydes is 1. The minimum atomic E-state index is -1.28. The molecule has 0 aliphatic heterocycles. The maximum absolute atomic E-state index is 11.8. The van der Waals surface area contributed by atoms with Gasteiger partial charge in [0.15, 0.2) is 0 Å². The second kappa shape index (κ2) is 16.3. The van der Waals surface area contributed by atoms with Crippen molar-refractivity contribution in [2.75, 3.05) is 13.7 Å². The Labute approximate surface area is 153 Å². The molecule has 0 heterocycles. The largest absolute Gasteiger partial charge is 0.480 e. The van der Waals surface area contributed by atoms with E-state index in [1.165, 1.54) is 0 Å². The lowest BCUT2D eigenvalue weighted by atomic mass is 10.1. The Balaban J connectivity index is 0. The first kappa shape index (κ1) is 26.0. The molecule has 0 rings (SSSR count). The summed E-state index contributed by atoms with van der Waals surface area (Å²) in [5, 5.41) is 32.7. The number of unbranched alkanes of at least 4 members (excludes halogenated alkanes) is 1. The van der Waals surface area contributed by atoms with Crippen molar-refractivity contribution in [3.8, 4) is 0 Å². The highest BCUT2D eigenvalue weighted by Gasteiger charge is 2.23. The number of carbonyl (C=O) groups is 4. The van der Waals surface area contributed by atoms with E-state index >= 15 is 0 Å². The predicted molar refractivity (Wildman–Crippen MR) is 94.9 cm³/mol. The molecule has 152 valence electrons. The van der Waals surface area contributed by atoms with Crippen molar-refractivity contribution < 1.29 is 34.5 Å². The van der Waals surface area contributed by atoms with Gasteiger partial charge in [-0.25, -0.2) is 14.4 Å². The third kappa shape index (κ3) is 14.2. The number of carboxylic acid groups (broad SMARTS) is 2. The highest BCUT2D eigenvalue weighted by atomic mass is 16.4. The van der Waals surface area contributed by atoms with Gasteiger partial charge in [0.05, 0.1) is 0 Å². The molecule has 0 aromatic carbocycles. The maximum atomic E-state index is 11.8. The Kier molecular flexibility index (Phi) is 16.3. The van der Waals surface area contributed by atoms with Gasteiger partial charge >= 0.3 is 18.0 Å². The van der Waals surface area contributed by atoms with Crippen LogP contribution in [0.25, 0.3) is 0 Å². The zero-order valence-corrected chi connectivity index (χ0v) is 15.5. The fraction of sp³-hybridized carbons (Fsp3) is 0.750. The number of hydrogen-bond acceptors (Lipinski definition) is 6. The molecule has 0 fully saturated rings. The Morgan fingerprint density at radius 1 is 0.923 bits per heavy atom. The monoisotopic (exact) mass is 377 g/mol. The first-order valence-electron chi connectivity index (χ1n) is 8.42. The normalized spacial score (nSPS) is 12.3. The summed E-state index contributed by atoms with van der Waals surface area (Å²) in [7, 11) is 1.00. The molecule has 0 aromatic heterocycles. The second-order valence-electron chi connectivity index (χ2n) is 5.75. The van der Waals surface area contributed by atoms with Crippen molar-refractivity contribution in [3.63, 3.8) is 0 Å². The highest BCUT2D eigenvalue weighted by Crippen LogP contribution is 2.02. The molecule has 2 unspecified atom stereocenters. The Hall–Kier alpha value is -2.20. The van der Waals surface area contributed by atoms with E-state index in [4.69, 9.17) is 15.3 Å². The van der Waals surface area contributed by atoms with Gasteiger partial charge in [-0.15, -0.1) is 0 Å². The molecule has 6 N–H and O–H groups in total. The molecule has 0 saturated heterocycles. The number of urea groups is 1. The first-order chi connectivity index (χ1) is 12.3. The first-order valence-corrected chi connectivity index (χ1v) is 8.42. The summed E-state index contributed by atoms with van der Waals surface area (Å²) in [5.41, 5.74) is 0. The summed E-state index contributed by atoms with van der Waals surface area (Å²) in [5.74, 6) is -2.46. The minimum Gasteiger partial charge on any atom is -0.480 e. The van der Waals surface area contributed by atoms with Crippen molar-refractivity contribution in [3.05, 3.63) is 0 Å². The molecular weight excluding hydrogens is 346 g/mol. The standard InChI is InChI=1S/C15H27N3O6.CH4O/c1-10(2)16-8-4-3-6-11(13(20)21)17-15(24)18-12(14(22)23)7-5-9-19;1-2/h9-12,16H,3-8H2,1-2H3,(H,20,21)(H,22,23)(H2,17,18,24);2H,1H3. The van der Waals surface area contributed by atoms with Gasteiger partial charge in [-0.3, -0.25) is 0 Å². The third-order valence-corrected chi connectivity index (χ3v) is 3.25. The van der Waals surface area contributed by atoms with Gasteiger partial charge in [-0.2, -0.15) is 0 Å². The predicted octanol–water partition coefficient (Wildman–Crippen LogP) is -0.0521. The average molecular weight is 377 g/mol. The SMILES string of the molecule is CC(C)NCCCCC(NC(=O)NC(CCC=O)C(=O)O)C(=O)O.CO. The van der Waals surface area contributed by atoms with Crippen LogP contribution in [0, 0.1) is 0 Å². The van der Waals surface area contributed by atoms with E-state index < -0.39 is 30.1 Å². The Morgan fingerprint density at radius 2 is 1.42 bits per heavy atom. The number of carbonyl (C=O) groups excluding carboxylic acids is 2. The van der Waals surface area contributed by atoms with Gasteiger partial charge in [0.1, 0.15) is 18.4 Å². The molecule has 10 nitrogen and oxygen atoms in total. The van der Waals surface area contributed by atoms with Crippen LogP contribution in [-0.2, 0) is 14.4 Å². The van der Waals surface area contributed by atoms with Gasteiger partial charge in [-0.05, 0) is 32.2 Å². The quantitative estimate of drug-likeness (QED) is 0.192. The zero-order valence-electron chi connectivity index (χ0n) is 15.5. The molecule has 2 atom stereocenters. The molecule has 0 radical (unpaired) electrons. The summed E-state index contributed by atoms with van der Waals surface area (Å²) in [6.45, 7) is 4.77. The van der Waals surface area contributed by atoms with Gasteiger partial charge in [0.2, 0.25) is 0 Å². The highest BCUT2D eigenvalue weighted by molar-refractivity contribution is 5.86. The van der Waals surface area contributed by atoms with Gasteiger partial charge in [0.25, 0.3) is 0 Å². The Bertz CT molecular complexity index is 430. The minimum absolute atomic E-state index is 0.0115. The molecule has 0 saturated carbocycles. The van der Waals surface area contributed by atoms with Crippen LogP contribution >= 0.6 is 0 Å². The van der Waals surface area contributed by atoms with Gasteiger partial charge in [-0.1, -0.05) is 13.8 Å². The van der Waals surface area contributed by atoms with E-state index in [0.717, 1.165) is 20.1 Å². The van der Waals surface area contributed by atoms with E-state index in [0.29, 0.717) is 18.7 Å². The molecule has 2 amide bonds. The average Bonchev–Trinajstić information content (AvgIpc) is 2.58. The lowest BCUT2D eigenvalue weighted by Crippen LogP contribution is -2.51. The molecule has 0 bridgehead atoms. The van der Waals surface area contributed by atoms with Crippen LogP contribution in [0.15, 0.2) is 0 Å². The molecule has 0 aliphatic rings. The maximum Gasteiger partial charge on any atom is 0.326 e. The smallest absolute Gasteiger partial charge is 0.326 e. The van der Waals surface area contributed by atoms with E-state index in [-0.39, 0.29) is 19.3 Å². The van der Waals surface area contributed by atoms with E-state index in [2.05, 4.69) is 16.0 Å². The Morgan fingerprint density at radius 3 is 1.85 bits per heavy atom. The van der Waals surface area contributed by atoms with Crippen LogP contribution in [-0.4, -0.2) is 71.4 Å². The fourth-order valence-corrected chi connectivity index (χ4v) is 1.97. The number of aliphatic hydroxyl groups excluding tert-OH is 1. The van der Waals surface area contributed by atoms with Crippen LogP contribution in [0.5, 0.6) is 0 Å². The topological polar surface area (TPSA) is 165 Å². The summed E-state index contributed by atoms with van der Waals surface area (Å²) in [6, 6.07) is -2.85. The lowest BCUT2D eigenvalue weighted by Gasteiger charge is -2.18. The number of aliphatic carboxylic acids is 2. The van der Waals surface area contributed by atoms with Crippen molar-refractivity contribution >= 4 is 24.3 Å². The van der Waals surface area contributed by atoms with Gasteiger partial charge < -0.3 is 36.1 Å². The van der Waals surface area contributed by atoms with Crippen LogP contribution in [0.4, 0.5) is 4.79 Å². The molecular formula is C16H31N3O7. The van der Waals surface area contributed by atoms with Crippen molar-refractivity contribution in [1.29, 1.82) is 0 Å². The van der Waals surface area contributed by atoms with E-state index in [9.17, 15) is 19.2 Å². The lowest BCUT2D eigenvalue weighted by molar-refractivity contribution is -0.139. The number of rotatable bonds is 13. The van der Waals surface area contributed by atoms with Gasteiger partial charge in [0, 0.05) is 19.6 Å². The number of hydrogen-bond donors (Lipinski definition) is 6. The molecule has 0 aromatic rings. The second-order valence-corrected chi connectivity index (χ2v) is 5.75. The number of carboxylic acids is 2. The summed E-state index contributed by atoms with van der Waals surface area (Å²) in [6.07, 6.45) is 2.11. The van der Waals surface area contributed by atoms with E-state index in [1.807, 2.05) is 13.8 Å². The number of amides is 2. The molecule has 0 spiro atoms. The van der Waals surface area contributed by atoms with Crippen molar-refractivity contribution in [1.82, 2.24) is 16.0 Å². The summed E-state index contributed by atoms with van der Waals surface area (Å²) >= 11 is 0. The van der Waals surface area contributed by atoms with Crippen LogP contribution in [0.1, 0.15) is 46.0 Å². The van der Waals surface area contributed by atoms with Crippen LogP contribution < -0.4 is 16.0 Å². The van der Waals surface area contributed by atoms with E-state index in [1.54, 1.807) is 0 Å². The van der Waals surface area contributed by atoms with Crippen molar-refractivity contribution in [2.45, 2.75) is 64.1 Å². The number of nitrogens with one attached hydrogen (secondary N) is 3. The molecule has 10 heteroatoms. The number of aliphatic hydroxyl groups is 1. The van der Waals surface area contributed by atoms with Crippen LogP contribution in [0.2, 0.25) is 0 Å². The fourth-order valence-electron chi connectivity index (χ4n) is 1.97.